The van der Waals surface area contributed by atoms with E-state index in [-0.39, 0.29) is 5.91 Å². The van der Waals surface area contributed by atoms with Gasteiger partial charge in [-0.2, -0.15) is 4.31 Å². The fourth-order valence-electron chi connectivity index (χ4n) is 3.08. The van der Waals surface area contributed by atoms with Crippen LogP contribution in [0.25, 0.3) is 0 Å². The van der Waals surface area contributed by atoms with E-state index in [0.717, 1.165) is 11.3 Å². The van der Waals surface area contributed by atoms with Crippen molar-refractivity contribution in [1.29, 1.82) is 0 Å². The summed E-state index contributed by atoms with van der Waals surface area (Å²) in [6.45, 7) is 3.92. The highest BCUT2D eigenvalue weighted by molar-refractivity contribution is 7.88. The highest BCUT2D eigenvalue weighted by Crippen LogP contribution is 2.22. The van der Waals surface area contributed by atoms with Gasteiger partial charge in [0.2, 0.25) is 15.9 Å². The number of ether oxygens (including phenoxy) is 1. The molecule has 132 valence electrons. The topological polar surface area (TPSA) is 70.2 Å². The van der Waals surface area contributed by atoms with Crippen molar-refractivity contribution >= 4 is 15.9 Å². The first-order valence-corrected chi connectivity index (χ1v) is 9.94. The summed E-state index contributed by atoms with van der Waals surface area (Å²) in [4.78, 5) is 16.4. The highest BCUT2D eigenvalue weighted by atomic mass is 32.2. The van der Waals surface area contributed by atoms with Gasteiger partial charge in [0.25, 0.3) is 0 Å². The Morgan fingerprint density at radius 1 is 1.12 bits per heavy atom. The van der Waals surface area contributed by atoms with Crippen LogP contribution < -0.4 is 4.74 Å². The van der Waals surface area contributed by atoms with E-state index < -0.39 is 10.0 Å². The van der Waals surface area contributed by atoms with Gasteiger partial charge in [0.15, 0.2) is 0 Å². The molecule has 1 aromatic carbocycles. The van der Waals surface area contributed by atoms with Crippen LogP contribution in [-0.4, -0.2) is 80.6 Å². The summed E-state index contributed by atoms with van der Waals surface area (Å²) in [5.74, 6) is 0.928. The fraction of sp³-hybridized carbons (Fsp3) is 0.562. The van der Waals surface area contributed by atoms with Gasteiger partial charge >= 0.3 is 0 Å². The Morgan fingerprint density at radius 2 is 1.83 bits per heavy atom. The van der Waals surface area contributed by atoms with Gasteiger partial charge < -0.3 is 9.64 Å². The second-order valence-electron chi connectivity index (χ2n) is 6.21. The largest absolute Gasteiger partial charge is 0.492 e. The second kappa shape index (κ2) is 7.08. The van der Waals surface area contributed by atoms with E-state index in [2.05, 4.69) is 4.90 Å². The number of fused-ring (bicyclic) bond motifs is 1. The van der Waals surface area contributed by atoms with Crippen LogP contribution in [0.4, 0.5) is 0 Å². The van der Waals surface area contributed by atoms with Crippen molar-refractivity contribution in [2.24, 2.45) is 0 Å². The predicted octanol–water partition coefficient (Wildman–Crippen LogP) is -0.0152. The molecule has 3 rings (SSSR count). The molecule has 0 radical (unpaired) electrons. The molecule has 0 bridgehead atoms. The number of sulfonamides is 1. The molecule has 24 heavy (non-hydrogen) atoms. The lowest BCUT2D eigenvalue weighted by molar-refractivity contribution is -0.133. The SMILES string of the molecule is CS(=O)(=O)N1CCN(C(=O)CN2CCOc3ccccc3C2)CC1. The third kappa shape index (κ3) is 4.06. The van der Waals surface area contributed by atoms with Gasteiger partial charge in [-0.05, 0) is 6.07 Å². The minimum Gasteiger partial charge on any atom is -0.492 e. The van der Waals surface area contributed by atoms with Crippen molar-refractivity contribution in [1.82, 2.24) is 14.1 Å². The molecule has 0 atom stereocenters. The standard InChI is InChI=1S/C16H23N3O4S/c1-24(21,22)19-8-6-18(7-9-19)16(20)13-17-10-11-23-15-5-3-2-4-14(15)12-17/h2-5H,6-13H2,1H3. The summed E-state index contributed by atoms with van der Waals surface area (Å²) in [6, 6.07) is 7.88. The molecule has 2 heterocycles. The van der Waals surface area contributed by atoms with Crippen LogP contribution in [0, 0.1) is 0 Å². The van der Waals surface area contributed by atoms with Gasteiger partial charge in [-0.25, -0.2) is 8.42 Å². The zero-order chi connectivity index (χ0) is 17.2. The third-order valence-corrected chi connectivity index (χ3v) is 5.75. The molecule has 8 heteroatoms. The summed E-state index contributed by atoms with van der Waals surface area (Å²) in [6.07, 6.45) is 1.21. The predicted molar refractivity (Wildman–Crippen MR) is 90.2 cm³/mol. The molecule has 1 fully saturated rings. The number of benzene rings is 1. The summed E-state index contributed by atoms with van der Waals surface area (Å²) in [5, 5.41) is 0. The smallest absolute Gasteiger partial charge is 0.236 e. The van der Waals surface area contributed by atoms with E-state index >= 15 is 0 Å². The lowest BCUT2D eigenvalue weighted by atomic mass is 10.2. The Bertz CT molecular complexity index is 699. The van der Waals surface area contributed by atoms with Crippen LogP contribution in [0.5, 0.6) is 5.75 Å². The van der Waals surface area contributed by atoms with Crippen molar-refractivity contribution in [3.8, 4) is 5.75 Å². The molecule has 0 spiro atoms. The maximum Gasteiger partial charge on any atom is 0.236 e. The monoisotopic (exact) mass is 353 g/mol. The van der Waals surface area contributed by atoms with Crippen molar-refractivity contribution in [3.05, 3.63) is 29.8 Å². The molecule has 7 nitrogen and oxygen atoms in total. The number of rotatable bonds is 3. The molecule has 2 aliphatic rings. The lowest BCUT2D eigenvalue weighted by Crippen LogP contribution is -2.52. The molecule has 0 aliphatic carbocycles. The minimum atomic E-state index is -3.17. The zero-order valence-electron chi connectivity index (χ0n) is 13.8. The van der Waals surface area contributed by atoms with E-state index in [1.54, 1.807) is 4.90 Å². The minimum absolute atomic E-state index is 0.0440. The zero-order valence-corrected chi connectivity index (χ0v) is 14.7. The summed E-state index contributed by atoms with van der Waals surface area (Å²) >= 11 is 0. The van der Waals surface area contributed by atoms with Gasteiger partial charge in [-0.15, -0.1) is 0 Å². The molecule has 1 amide bonds. The van der Waals surface area contributed by atoms with Crippen molar-refractivity contribution in [2.45, 2.75) is 6.54 Å². The van der Waals surface area contributed by atoms with E-state index in [1.165, 1.54) is 10.6 Å². The molecule has 1 saturated heterocycles. The molecule has 0 N–H and O–H groups in total. The molecule has 2 aliphatic heterocycles. The van der Waals surface area contributed by atoms with Gasteiger partial charge in [0, 0.05) is 44.8 Å². The van der Waals surface area contributed by atoms with E-state index in [9.17, 15) is 13.2 Å². The average Bonchev–Trinajstić information content (AvgIpc) is 2.75. The summed E-state index contributed by atoms with van der Waals surface area (Å²) in [7, 11) is -3.17. The van der Waals surface area contributed by atoms with Crippen molar-refractivity contribution < 1.29 is 17.9 Å². The number of amides is 1. The van der Waals surface area contributed by atoms with E-state index in [1.807, 2.05) is 24.3 Å². The second-order valence-corrected chi connectivity index (χ2v) is 8.19. The molecular weight excluding hydrogens is 330 g/mol. The van der Waals surface area contributed by atoms with Crippen LogP contribution in [0.15, 0.2) is 24.3 Å². The quantitative estimate of drug-likeness (QED) is 0.764. The van der Waals surface area contributed by atoms with Crippen LogP contribution >= 0.6 is 0 Å². The molecule has 0 aromatic heterocycles. The fourth-order valence-corrected chi connectivity index (χ4v) is 3.90. The molecular formula is C16H23N3O4S. The number of carbonyl (C=O) groups is 1. The number of para-hydroxylation sites is 1. The summed E-state index contributed by atoms with van der Waals surface area (Å²) in [5.41, 5.74) is 1.09. The Kier molecular flexibility index (Phi) is 5.07. The number of hydrogen-bond acceptors (Lipinski definition) is 5. The normalized spacial score (nSPS) is 20.1. The van der Waals surface area contributed by atoms with E-state index in [0.29, 0.717) is 52.4 Å². The third-order valence-electron chi connectivity index (χ3n) is 4.45. The van der Waals surface area contributed by atoms with Crippen LogP contribution in [0.2, 0.25) is 0 Å². The first-order chi connectivity index (χ1) is 11.4. The Morgan fingerprint density at radius 3 is 2.54 bits per heavy atom. The van der Waals surface area contributed by atoms with Crippen LogP contribution in [-0.2, 0) is 21.4 Å². The van der Waals surface area contributed by atoms with Crippen LogP contribution in [0.3, 0.4) is 0 Å². The van der Waals surface area contributed by atoms with Crippen molar-refractivity contribution in [3.63, 3.8) is 0 Å². The molecule has 0 unspecified atom stereocenters. The molecule has 0 saturated carbocycles. The van der Waals surface area contributed by atoms with Crippen molar-refractivity contribution in [2.75, 3.05) is 52.1 Å². The Hall–Kier alpha value is -1.64. The first-order valence-electron chi connectivity index (χ1n) is 8.09. The highest BCUT2D eigenvalue weighted by Gasteiger charge is 2.27. The van der Waals surface area contributed by atoms with E-state index in [4.69, 9.17) is 4.74 Å². The number of nitrogens with zero attached hydrogens (tertiary/aromatic N) is 3. The van der Waals surface area contributed by atoms with Gasteiger partial charge in [0.05, 0.1) is 12.8 Å². The molecule has 1 aromatic rings. The van der Waals surface area contributed by atoms with Gasteiger partial charge in [-0.3, -0.25) is 9.69 Å². The Balaban J connectivity index is 1.56. The first kappa shape index (κ1) is 17.2. The average molecular weight is 353 g/mol. The van der Waals surface area contributed by atoms with Crippen LogP contribution in [0.1, 0.15) is 5.56 Å². The maximum absolute atomic E-state index is 12.5. The lowest BCUT2D eigenvalue weighted by Gasteiger charge is -2.34. The maximum atomic E-state index is 12.5. The van der Waals surface area contributed by atoms with Gasteiger partial charge in [-0.1, -0.05) is 18.2 Å². The number of piperazine rings is 1. The number of carbonyl (C=O) groups excluding carboxylic acids is 1. The van der Waals surface area contributed by atoms with Gasteiger partial charge in [0.1, 0.15) is 12.4 Å². The Labute approximate surface area is 142 Å². The summed E-state index contributed by atoms with van der Waals surface area (Å²) < 4.78 is 30.2. The number of hydrogen-bond donors (Lipinski definition) is 0.